The van der Waals surface area contributed by atoms with Crippen LogP contribution in [0.25, 0.3) is 10.8 Å². The van der Waals surface area contributed by atoms with Crippen LogP contribution in [0.4, 0.5) is 5.69 Å². The lowest BCUT2D eigenvalue weighted by molar-refractivity contribution is 1.48. The molecule has 0 amide bonds. The maximum Gasteiger partial charge on any atom is 0.0323 e. The monoisotopic (exact) mass is 171 g/mol. The standard InChI is InChI=1S/C12H13N/c1-8-4-3-5-11-9(2)6-10(13)7-12(8)11/h3-7H,13H2,1-2H3. The van der Waals surface area contributed by atoms with E-state index in [0.717, 1.165) is 5.69 Å². The molecule has 0 aromatic heterocycles. The van der Waals surface area contributed by atoms with Crippen LogP contribution in [0.3, 0.4) is 0 Å². The highest BCUT2D eigenvalue weighted by Gasteiger charge is 2.00. The summed E-state index contributed by atoms with van der Waals surface area (Å²) >= 11 is 0. The maximum atomic E-state index is 5.79. The summed E-state index contributed by atoms with van der Waals surface area (Å²) < 4.78 is 0. The van der Waals surface area contributed by atoms with Crippen LogP contribution in [0.2, 0.25) is 0 Å². The first-order valence-corrected chi connectivity index (χ1v) is 4.44. The van der Waals surface area contributed by atoms with E-state index in [2.05, 4.69) is 32.0 Å². The molecule has 0 aliphatic rings. The van der Waals surface area contributed by atoms with Crippen molar-refractivity contribution in [2.45, 2.75) is 13.8 Å². The largest absolute Gasteiger partial charge is 0.399 e. The van der Waals surface area contributed by atoms with Gasteiger partial charge in [-0.25, -0.2) is 0 Å². The van der Waals surface area contributed by atoms with Gasteiger partial charge in [0.1, 0.15) is 0 Å². The van der Waals surface area contributed by atoms with Gasteiger partial charge in [0.15, 0.2) is 0 Å². The molecule has 0 aliphatic carbocycles. The van der Waals surface area contributed by atoms with E-state index in [4.69, 9.17) is 5.73 Å². The van der Waals surface area contributed by atoms with Gasteiger partial charge in [0, 0.05) is 5.69 Å². The predicted molar refractivity (Wildman–Crippen MR) is 57.8 cm³/mol. The Balaban J connectivity index is 2.94. The quantitative estimate of drug-likeness (QED) is 0.606. The zero-order valence-electron chi connectivity index (χ0n) is 7.96. The number of fused-ring (bicyclic) bond motifs is 1. The lowest BCUT2D eigenvalue weighted by atomic mass is 10.0. The van der Waals surface area contributed by atoms with Crippen LogP contribution < -0.4 is 5.73 Å². The number of benzene rings is 2. The number of nitrogen functional groups attached to an aromatic ring is 1. The second-order valence-electron chi connectivity index (χ2n) is 3.51. The van der Waals surface area contributed by atoms with E-state index in [0.29, 0.717) is 0 Å². The van der Waals surface area contributed by atoms with Crippen LogP contribution in [0.15, 0.2) is 30.3 Å². The first-order valence-electron chi connectivity index (χ1n) is 4.44. The summed E-state index contributed by atoms with van der Waals surface area (Å²) in [6, 6.07) is 10.4. The van der Waals surface area contributed by atoms with E-state index >= 15 is 0 Å². The van der Waals surface area contributed by atoms with Crippen LogP contribution in [-0.2, 0) is 0 Å². The van der Waals surface area contributed by atoms with Gasteiger partial charge in [-0.05, 0) is 47.9 Å². The van der Waals surface area contributed by atoms with Crippen LogP contribution in [0, 0.1) is 13.8 Å². The summed E-state index contributed by atoms with van der Waals surface area (Å²) in [6.07, 6.45) is 0. The van der Waals surface area contributed by atoms with Gasteiger partial charge < -0.3 is 5.73 Å². The molecule has 2 rings (SSSR count). The first-order chi connectivity index (χ1) is 6.18. The Morgan fingerprint density at radius 3 is 2.46 bits per heavy atom. The first kappa shape index (κ1) is 8.11. The smallest absolute Gasteiger partial charge is 0.0323 e. The molecule has 13 heavy (non-hydrogen) atoms. The van der Waals surface area contributed by atoms with Gasteiger partial charge in [-0.3, -0.25) is 0 Å². The lowest BCUT2D eigenvalue weighted by Crippen LogP contribution is -1.88. The average molecular weight is 171 g/mol. The highest BCUT2D eigenvalue weighted by Crippen LogP contribution is 2.24. The van der Waals surface area contributed by atoms with E-state index in [1.807, 2.05) is 12.1 Å². The Morgan fingerprint density at radius 2 is 1.69 bits per heavy atom. The van der Waals surface area contributed by atoms with Crippen LogP contribution in [-0.4, -0.2) is 0 Å². The minimum Gasteiger partial charge on any atom is -0.399 e. The van der Waals surface area contributed by atoms with E-state index in [1.165, 1.54) is 21.9 Å². The molecule has 66 valence electrons. The fourth-order valence-corrected chi connectivity index (χ4v) is 1.75. The number of anilines is 1. The number of rotatable bonds is 0. The van der Waals surface area contributed by atoms with Crippen molar-refractivity contribution in [2.75, 3.05) is 5.73 Å². The van der Waals surface area contributed by atoms with Crippen molar-refractivity contribution in [3.8, 4) is 0 Å². The average Bonchev–Trinajstić information content (AvgIpc) is 2.07. The van der Waals surface area contributed by atoms with Crippen LogP contribution in [0.1, 0.15) is 11.1 Å². The molecule has 1 nitrogen and oxygen atoms in total. The fourth-order valence-electron chi connectivity index (χ4n) is 1.75. The van der Waals surface area contributed by atoms with Crippen molar-refractivity contribution in [1.29, 1.82) is 0 Å². The lowest BCUT2D eigenvalue weighted by Gasteiger charge is -2.06. The Labute approximate surface area is 78.2 Å². The third-order valence-corrected chi connectivity index (χ3v) is 2.44. The Morgan fingerprint density at radius 1 is 0.923 bits per heavy atom. The molecule has 0 heterocycles. The molecule has 0 atom stereocenters. The topological polar surface area (TPSA) is 26.0 Å². The Bertz CT molecular complexity index is 458. The van der Waals surface area contributed by atoms with Crippen LogP contribution in [0.5, 0.6) is 0 Å². The normalized spacial score (nSPS) is 10.6. The third-order valence-electron chi connectivity index (χ3n) is 2.44. The van der Waals surface area contributed by atoms with Gasteiger partial charge in [-0.2, -0.15) is 0 Å². The van der Waals surface area contributed by atoms with E-state index in [1.54, 1.807) is 0 Å². The summed E-state index contributed by atoms with van der Waals surface area (Å²) in [7, 11) is 0. The number of hydrogen-bond donors (Lipinski definition) is 1. The molecule has 0 unspecified atom stereocenters. The summed E-state index contributed by atoms with van der Waals surface area (Å²) in [6.45, 7) is 4.21. The zero-order chi connectivity index (χ0) is 9.42. The second kappa shape index (κ2) is 2.77. The minimum atomic E-state index is 0.847. The summed E-state index contributed by atoms with van der Waals surface area (Å²) in [5.74, 6) is 0. The van der Waals surface area contributed by atoms with Crippen molar-refractivity contribution >= 4 is 16.5 Å². The van der Waals surface area contributed by atoms with Crippen molar-refractivity contribution < 1.29 is 0 Å². The molecule has 2 aromatic carbocycles. The molecule has 0 fully saturated rings. The highest BCUT2D eigenvalue weighted by atomic mass is 14.5. The molecule has 0 spiro atoms. The third kappa shape index (κ3) is 1.26. The Hall–Kier alpha value is -1.50. The molecule has 0 bridgehead atoms. The number of aryl methyl sites for hydroxylation is 2. The second-order valence-corrected chi connectivity index (χ2v) is 3.51. The molecular formula is C12H13N. The molecular weight excluding hydrogens is 158 g/mol. The number of hydrogen-bond acceptors (Lipinski definition) is 1. The summed E-state index contributed by atoms with van der Waals surface area (Å²) in [4.78, 5) is 0. The van der Waals surface area contributed by atoms with E-state index in [-0.39, 0.29) is 0 Å². The predicted octanol–water partition coefficient (Wildman–Crippen LogP) is 3.04. The zero-order valence-corrected chi connectivity index (χ0v) is 7.96. The molecule has 0 aliphatic heterocycles. The molecule has 1 heteroatoms. The van der Waals surface area contributed by atoms with Gasteiger partial charge >= 0.3 is 0 Å². The highest BCUT2D eigenvalue weighted by molar-refractivity contribution is 5.90. The van der Waals surface area contributed by atoms with E-state index < -0.39 is 0 Å². The van der Waals surface area contributed by atoms with Crippen molar-refractivity contribution in [3.05, 3.63) is 41.5 Å². The maximum absolute atomic E-state index is 5.79. The fraction of sp³-hybridized carbons (Fsp3) is 0.167. The van der Waals surface area contributed by atoms with E-state index in [9.17, 15) is 0 Å². The molecule has 2 N–H and O–H groups in total. The van der Waals surface area contributed by atoms with Crippen molar-refractivity contribution in [3.63, 3.8) is 0 Å². The molecule has 2 aromatic rings. The Kier molecular flexibility index (Phi) is 1.73. The minimum absolute atomic E-state index is 0.847. The van der Waals surface area contributed by atoms with Gasteiger partial charge in [0.2, 0.25) is 0 Å². The van der Waals surface area contributed by atoms with Crippen molar-refractivity contribution in [2.24, 2.45) is 0 Å². The molecule has 0 saturated carbocycles. The van der Waals surface area contributed by atoms with Gasteiger partial charge in [0.25, 0.3) is 0 Å². The molecule has 0 radical (unpaired) electrons. The van der Waals surface area contributed by atoms with Gasteiger partial charge in [0.05, 0.1) is 0 Å². The van der Waals surface area contributed by atoms with Crippen LogP contribution >= 0.6 is 0 Å². The summed E-state index contributed by atoms with van der Waals surface area (Å²) in [5, 5.41) is 2.56. The van der Waals surface area contributed by atoms with Crippen molar-refractivity contribution in [1.82, 2.24) is 0 Å². The number of nitrogens with two attached hydrogens (primary N) is 1. The summed E-state index contributed by atoms with van der Waals surface area (Å²) in [5.41, 5.74) is 9.17. The molecule has 0 saturated heterocycles. The SMILES string of the molecule is Cc1cc(N)cc2c(C)cccc12. The van der Waals surface area contributed by atoms with Gasteiger partial charge in [-0.1, -0.05) is 18.2 Å². The van der Waals surface area contributed by atoms with Gasteiger partial charge in [-0.15, -0.1) is 0 Å².